The van der Waals surface area contributed by atoms with Crippen LogP contribution in [0.15, 0.2) is 94.5 Å². The van der Waals surface area contributed by atoms with Gasteiger partial charge in [-0.05, 0) is 24.6 Å². The Balaban J connectivity index is 1.59. The highest BCUT2D eigenvalue weighted by Gasteiger charge is 2.46. The monoisotopic (exact) mass is 448 g/mol. The van der Waals surface area contributed by atoms with Crippen LogP contribution >= 0.6 is 0 Å². The van der Waals surface area contributed by atoms with E-state index in [0.717, 1.165) is 11.1 Å². The molecule has 3 heterocycles. The number of benzene rings is 2. The van der Waals surface area contributed by atoms with Gasteiger partial charge < -0.3 is 9.32 Å². The van der Waals surface area contributed by atoms with Crippen LogP contribution in [0.2, 0.25) is 0 Å². The molecule has 0 saturated heterocycles. The smallest absolute Gasteiger partial charge is 0.253 e. The zero-order valence-electron chi connectivity index (χ0n) is 18.4. The van der Waals surface area contributed by atoms with Gasteiger partial charge >= 0.3 is 0 Å². The summed E-state index contributed by atoms with van der Waals surface area (Å²) in [4.78, 5) is 31.6. The molecule has 166 valence electrons. The number of rotatable bonds is 4. The van der Waals surface area contributed by atoms with E-state index >= 15 is 0 Å². The first kappa shape index (κ1) is 21.2. The Labute approximate surface area is 196 Å². The summed E-state index contributed by atoms with van der Waals surface area (Å²) < 4.78 is 6.13. The van der Waals surface area contributed by atoms with E-state index in [1.165, 1.54) is 0 Å². The molecule has 0 radical (unpaired) electrons. The molecule has 1 aromatic heterocycles. The lowest BCUT2D eigenvalue weighted by molar-refractivity contribution is -0.130. The number of allylic oxidation sites excluding steroid dienone is 2. The van der Waals surface area contributed by atoms with Crippen molar-refractivity contribution in [1.29, 1.82) is 5.26 Å². The van der Waals surface area contributed by atoms with E-state index in [2.05, 4.69) is 16.4 Å². The lowest BCUT2D eigenvalue weighted by atomic mass is 9.91. The van der Waals surface area contributed by atoms with Gasteiger partial charge in [-0.15, -0.1) is 0 Å². The summed E-state index contributed by atoms with van der Waals surface area (Å²) in [6.07, 6.45) is 6.81. The third-order valence-corrected chi connectivity index (χ3v) is 5.94. The third kappa shape index (κ3) is 3.51. The van der Waals surface area contributed by atoms with Crippen LogP contribution in [0.25, 0.3) is 22.5 Å². The highest BCUT2D eigenvalue weighted by Crippen LogP contribution is 2.42. The first-order valence-corrected chi connectivity index (χ1v) is 10.8. The van der Waals surface area contributed by atoms with Crippen molar-refractivity contribution in [2.45, 2.75) is 18.9 Å². The summed E-state index contributed by atoms with van der Waals surface area (Å²) in [5.74, 6) is 0.0498. The van der Waals surface area contributed by atoms with Crippen molar-refractivity contribution in [1.82, 2.24) is 4.90 Å². The van der Waals surface area contributed by atoms with Crippen molar-refractivity contribution in [3.05, 3.63) is 90.7 Å². The summed E-state index contributed by atoms with van der Waals surface area (Å²) in [5.41, 5.74) is 1.13. The fourth-order valence-corrected chi connectivity index (χ4v) is 4.22. The number of carbonyl (C=O) groups excluding carboxylic acids is 2. The van der Waals surface area contributed by atoms with Crippen LogP contribution in [0.3, 0.4) is 0 Å². The summed E-state index contributed by atoms with van der Waals surface area (Å²) in [6.45, 7) is 1.67. The Hall–Kier alpha value is -4.70. The summed E-state index contributed by atoms with van der Waals surface area (Å²) in [6, 6.07) is 21.0. The molecule has 2 amide bonds. The summed E-state index contributed by atoms with van der Waals surface area (Å²) in [7, 11) is 0. The maximum Gasteiger partial charge on any atom is 0.253 e. The van der Waals surface area contributed by atoms with E-state index in [4.69, 9.17) is 4.42 Å². The SMILES string of the molecule is CC1(C(=O)Nc2oc(-c3ccccc3)c(-c3ccccc3)c2C#N)CC(=O)N=C2C=CC=CN21. The lowest BCUT2D eigenvalue weighted by Crippen LogP contribution is -2.58. The third-order valence-electron chi connectivity index (χ3n) is 5.94. The molecule has 1 N–H and O–H groups in total. The number of anilines is 1. The van der Waals surface area contributed by atoms with Gasteiger partial charge in [0.15, 0.2) is 0 Å². The van der Waals surface area contributed by atoms with Crippen LogP contribution < -0.4 is 5.32 Å². The van der Waals surface area contributed by atoms with Gasteiger partial charge in [-0.3, -0.25) is 14.9 Å². The highest BCUT2D eigenvalue weighted by atomic mass is 16.4. The van der Waals surface area contributed by atoms with Crippen LogP contribution in [-0.2, 0) is 9.59 Å². The largest absolute Gasteiger partial charge is 0.438 e. The highest BCUT2D eigenvalue weighted by molar-refractivity contribution is 6.12. The topological polar surface area (TPSA) is 98.7 Å². The zero-order valence-corrected chi connectivity index (χ0v) is 18.4. The predicted molar refractivity (Wildman–Crippen MR) is 129 cm³/mol. The number of nitrogens with one attached hydrogen (secondary N) is 1. The van der Waals surface area contributed by atoms with Crippen molar-refractivity contribution in [2.75, 3.05) is 5.32 Å². The number of nitrogens with zero attached hydrogens (tertiary/aromatic N) is 3. The summed E-state index contributed by atoms with van der Waals surface area (Å²) >= 11 is 0. The lowest BCUT2D eigenvalue weighted by Gasteiger charge is -2.41. The second kappa shape index (κ2) is 8.34. The van der Waals surface area contributed by atoms with Crippen LogP contribution in [0.4, 0.5) is 5.88 Å². The number of amidine groups is 1. The first-order valence-electron chi connectivity index (χ1n) is 10.8. The van der Waals surface area contributed by atoms with Gasteiger partial charge in [0.2, 0.25) is 5.88 Å². The second-order valence-electron chi connectivity index (χ2n) is 8.19. The minimum Gasteiger partial charge on any atom is -0.438 e. The molecule has 7 heteroatoms. The van der Waals surface area contributed by atoms with Crippen LogP contribution in [0.5, 0.6) is 0 Å². The van der Waals surface area contributed by atoms with E-state index in [0.29, 0.717) is 17.2 Å². The molecular formula is C27H20N4O3. The first-order chi connectivity index (χ1) is 16.5. The fraction of sp³-hybridized carbons (Fsp3) is 0.111. The maximum absolute atomic E-state index is 13.6. The second-order valence-corrected chi connectivity index (χ2v) is 8.19. The van der Waals surface area contributed by atoms with Gasteiger partial charge in [0, 0.05) is 17.3 Å². The van der Waals surface area contributed by atoms with Crippen LogP contribution in [0.1, 0.15) is 18.9 Å². The number of furan rings is 1. The van der Waals surface area contributed by atoms with E-state index in [9.17, 15) is 14.9 Å². The van der Waals surface area contributed by atoms with Crippen LogP contribution in [0, 0.1) is 11.3 Å². The minimum atomic E-state index is -1.24. The molecular weight excluding hydrogens is 428 g/mol. The van der Waals surface area contributed by atoms with E-state index < -0.39 is 17.4 Å². The number of carbonyl (C=O) groups is 2. The average Bonchev–Trinajstić information content (AvgIpc) is 3.23. The molecule has 0 saturated carbocycles. The molecule has 2 aromatic carbocycles. The Morgan fingerprint density at radius 1 is 1.09 bits per heavy atom. The Kier molecular flexibility index (Phi) is 5.19. The Bertz CT molecular complexity index is 1410. The quantitative estimate of drug-likeness (QED) is 0.612. The van der Waals surface area contributed by atoms with E-state index in [1.54, 1.807) is 36.3 Å². The number of amides is 2. The van der Waals surface area contributed by atoms with E-state index in [1.807, 2.05) is 60.7 Å². The molecule has 0 spiro atoms. The normalized spacial score (nSPS) is 18.8. The van der Waals surface area contributed by atoms with Gasteiger partial charge in [-0.25, -0.2) is 0 Å². The molecule has 2 aliphatic heterocycles. The molecule has 7 nitrogen and oxygen atoms in total. The van der Waals surface area contributed by atoms with Crippen molar-refractivity contribution >= 4 is 23.5 Å². The van der Waals surface area contributed by atoms with Gasteiger partial charge in [-0.1, -0.05) is 66.7 Å². The number of hydrogen-bond acceptors (Lipinski definition) is 5. The van der Waals surface area contributed by atoms with Gasteiger partial charge in [0.25, 0.3) is 11.8 Å². The van der Waals surface area contributed by atoms with Crippen molar-refractivity contribution in [3.8, 4) is 28.5 Å². The molecule has 5 rings (SSSR count). The van der Waals surface area contributed by atoms with Gasteiger partial charge in [0.05, 0.1) is 6.42 Å². The Morgan fingerprint density at radius 3 is 2.44 bits per heavy atom. The van der Waals surface area contributed by atoms with Crippen molar-refractivity contribution in [3.63, 3.8) is 0 Å². The van der Waals surface area contributed by atoms with Crippen molar-refractivity contribution in [2.24, 2.45) is 4.99 Å². The molecule has 0 fully saturated rings. The number of hydrogen-bond donors (Lipinski definition) is 1. The molecule has 34 heavy (non-hydrogen) atoms. The van der Waals surface area contributed by atoms with E-state index in [-0.39, 0.29) is 17.9 Å². The fourth-order valence-electron chi connectivity index (χ4n) is 4.22. The molecule has 0 aliphatic carbocycles. The average molecular weight is 448 g/mol. The minimum absolute atomic E-state index is 0.0412. The van der Waals surface area contributed by atoms with Crippen LogP contribution in [-0.4, -0.2) is 28.1 Å². The van der Waals surface area contributed by atoms with Gasteiger partial charge in [-0.2, -0.15) is 10.3 Å². The molecule has 2 aliphatic rings. The number of fused-ring (bicyclic) bond motifs is 1. The zero-order chi connectivity index (χ0) is 23.7. The standard InChI is InChI=1S/C27H20N4O3/c1-27(16-22(32)29-21-14-8-9-15-31(21)27)26(33)30-25-20(17-28)23(18-10-4-2-5-11-18)24(34-25)19-12-6-3-7-13-19/h2-15H,16H2,1H3,(H,30,33). The molecule has 3 aromatic rings. The predicted octanol–water partition coefficient (Wildman–Crippen LogP) is 4.90. The number of nitriles is 1. The maximum atomic E-state index is 13.6. The van der Waals surface area contributed by atoms with Crippen molar-refractivity contribution < 1.29 is 14.0 Å². The number of aliphatic imine (C=N–C) groups is 1. The summed E-state index contributed by atoms with van der Waals surface area (Å²) in [5, 5.41) is 12.9. The van der Waals surface area contributed by atoms with Gasteiger partial charge in [0.1, 0.15) is 28.8 Å². The molecule has 0 bridgehead atoms. The Morgan fingerprint density at radius 2 is 1.76 bits per heavy atom. The molecule has 1 atom stereocenters. The molecule has 1 unspecified atom stereocenters.